The fourth-order valence-electron chi connectivity index (χ4n) is 5.44. The lowest BCUT2D eigenvalue weighted by atomic mass is 9.82. The van der Waals surface area contributed by atoms with Crippen LogP contribution < -0.4 is 10.2 Å². The van der Waals surface area contributed by atoms with Crippen LogP contribution in [0.4, 0.5) is 10.2 Å². The van der Waals surface area contributed by atoms with Crippen LogP contribution in [0.2, 0.25) is 0 Å². The third-order valence-electron chi connectivity index (χ3n) is 7.32. The molecule has 0 radical (unpaired) electrons. The molecule has 10 heteroatoms. The highest BCUT2D eigenvalue weighted by Crippen LogP contribution is 2.39. The maximum Gasteiger partial charge on any atom is 0.185 e. The topological polar surface area (TPSA) is 100.0 Å². The summed E-state index contributed by atoms with van der Waals surface area (Å²) in [6, 6.07) is 7.67. The molecule has 1 aromatic carbocycles. The van der Waals surface area contributed by atoms with E-state index in [0.717, 1.165) is 54.7 Å². The predicted octanol–water partition coefficient (Wildman–Crippen LogP) is 4.01. The second kappa shape index (κ2) is 9.31. The zero-order valence-electron chi connectivity index (χ0n) is 19.5. The van der Waals surface area contributed by atoms with E-state index in [9.17, 15) is 5.11 Å². The summed E-state index contributed by atoms with van der Waals surface area (Å²) in [7, 11) is 0. The normalized spacial score (nSPS) is 25.9. The number of benzene rings is 1. The fraction of sp³-hybridized carbons (Fsp3) is 0.480. The summed E-state index contributed by atoms with van der Waals surface area (Å²) >= 11 is 1.51. The number of alkyl halides is 1. The SMILES string of the molecule is CSc1cc(-c2ccc(-c3ncc(N(C4CC4)[C@@H]4C[C@@H]5CCC[C@@H](N5)[C@@H]4F)nn3)c(O)c2)cnn1. The molecule has 2 N–H and O–H groups in total. The Morgan fingerprint density at radius 2 is 1.94 bits per heavy atom. The van der Waals surface area contributed by atoms with E-state index in [0.29, 0.717) is 29.3 Å². The average Bonchev–Trinajstić information content (AvgIpc) is 3.73. The van der Waals surface area contributed by atoms with Crippen molar-refractivity contribution in [3.05, 3.63) is 36.7 Å². The van der Waals surface area contributed by atoms with Crippen molar-refractivity contribution in [1.82, 2.24) is 30.7 Å². The van der Waals surface area contributed by atoms with Crippen LogP contribution in [0.1, 0.15) is 38.5 Å². The Morgan fingerprint density at radius 3 is 2.69 bits per heavy atom. The Balaban J connectivity index is 1.25. The zero-order chi connectivity index (χ0) is 23.9. The highest BCUT2D eigenvalue weighted by Gasteiger charge is 2.46. The summed E-state index contributed by atoms with van der Waals surface area (Å²) in [6.45, 7) is 0. The molecule has 0 spiro atoms. The van der Waals surface area contributed by atoms with Gasteiger partial charge in [-0.3, -0.25) is 0 Å². The van der Waals surface area contributed by atoms with Gasteiger partial charge in [-0.25, -0.2) is 9.37 Å². The van der Waals surface area contributed by atoms with E-state index >= 15 is 4.39 Å². The highest BCUT2D eigenvalue weighted by atomic mass is 32.2. The number of phenols is 1. The predicted molar refractivity (Wildman–Crippen MR) is 133 cm³/mol. The number of aromatic hydroxyl groups is 1. The van der Waals surface area contributed by atoms with Gasteiger partial charge in [-0.15, -0.1) is 27.1 Å². The van der Waals surface area contributed by atoms with Crippen LogP contribution in [0.15, 0.2) is 41.7 Å². The largest absolute Gasteiger partial charge is 0.507 e. The Bertz CT molecular complexity index is 1210. The van der Waals surface area contributed by atoms with Gasteiger partial charge in [-0.2, -0.15) is 5.10 Å². The highest BCUT2D eigenvalue weighted by molar-refractivity contribution is 7.98. The minimum Gasteiger partial charge on any atom is -0.507 e. The number of thioether (sulfide) groups is 1. The Kier molecular flexibility index (Phi) is 6.01. The van der Waals surface area contributed by atoms with Gasteiger partial charge in [-0.1, -0.05) is 12.5 Å². The Hall–Kier alpha value is -2.85. The van der Waals surface area contributed by atoms with Crippen molar-refractivity contribution in [3.63, 3.8) is 0 Å². The Morgan fingerprint density at radius 1 is 1.06 bits per heavy atom. The molecule has 2 saturated heterocycles. The van der Waals surface area contributed by atoms with Crippen LogP contribution in [-0.2, 0) is 0 Å². The number of hydrogen-bond donors (Lipinski definition) is 2. The van der Waals surface area contributed by atoms with Gasteiger partial charge in [-0.05, 0) is 62.1 Å². The van der Waals surface area contributed by atoms with E-state index in [-0.39, 0.29) is 17.8 Å². The molecule has 3 fully saturated rings. The first-order valence-electron chi connectivity index (χ1n) is 12.2. The van der Waals surface area contributed by atoms with Crippen molar-refractivity contribution in [1.29, 1.82) is 0 Å². The zero-order valence-corrected chi connectivity index (χ0v) is 20.3. The third-order valence-corrected chi connectivity index (χ3v) is 7.94. The summed E-state index contributed by atoms with van der Waals surface area (Å²) in [5, 5.41) is 31.9. The molecule has 1 saturated carbocycles. The van der Waals surface area contributed by atoms with Crippen LogP contribution in [-0.4, -0.2) is 67.1 Å². The number of fused-ring (bicyclic) bond motifs is 2. The summed E-state index contributed by atoms with van der Waals surface area (Å²) in [5.74, 6) is 1.02. The van der Waals surface area contributed by atoms with Gasteiger partial charge >= 0.3 is 0 Å². The molecular formula is C25H28FN7OS. The van der Waals surface area contributed by atoms with E-state index in [4.69, 9.17) is 0 Å². The summed E-state index contributed by atoms with van der Waals surface area (Å²) in [4.78, 5) is 6.65. The second-order valence-corrected chi connectivity index (χ2v) is 10.5. The van der Waals surface area contributed by atoms with Gasteiger partial charge in [0.25, 0.3) is 0 Å². The maximum atomic E-state index is 15.5. The summed E-state index contributed by atoms with van der Waals surface area (Å²) in [6.07, 6.45) is 10.3. The van der Waals surface area contributed by atoms with Crippen LogP contribution in [0.3, 0.4) is 0 Å². The number of nitrogens with one attached hydrogen (secondary N) is 1. The second-order valence-electron chi connectivity index (χ2n) is 9.65. The van der Waals surface area contributed by atoms with Gasteiger partial charge < -0.3 is 15.3 Å². The number of phenolic OH excluding ortho intramolecular Hbond substituents is 1. The van der Waals surface area contributed by atoms with Crippen molar-refractivity contribution in [2.45, 2.75) is 73.9 Å². The van der Waals surface area contributed by atoms with Gasteiger partial charge in [0.05, 0.1) is 24.0 Å². The van der Waals surface area contributed by atoms with Crippen molar-refractivity contribution in [2.24, 2.45) is 0 Å². The van der Waals surface area contributed by atoms with Crippen LogP contribution in [0.5, 0.6) is 5.75 Å². The number of aromatic nitrogens is 5. The van der Waals surface area contributed by atoms with Crippen LogP contribution in [0.25, 0.3) is 22.5 Å². The molecule has 8 nitrogen and oxygen atoms in total. The van der Waals surface area contributed by atoms with E-state index in [1.165, 1.54) is 11.8 Å². The molecule has 182 valence electrons. The Labute approximate surface area is 207 Å². The average molecular weight is 494 g/mol. The molecule has 3 aromatic rings. The van der Waals surface area contributed by atoms with Crippen molar-refractivity contribution in [2.75, 3.05) is 11.2 Å². The monoisotopic (exact) mass is 493 g/mol. The minimum atomic E-state index is -0.931. The molecule has 6 rings (SSSR count). The summed E-state index contributed by atoms with van der Waals surface area (Å²) in [5.41, 5.74) is 2.19. The number of nitrogens with zero attached hydrogens (tertiary/aromatic N) is 6. The quantitative estimate of drug-likeness (QED) is 0.493. The molecule has 0 amide bonds. The lowest BCUT2D eigenvalue weighted by Crippen LogP contribution is -2.62. The van der Waals surface area contributed by atoms with Gasteiger partial charge in [0.15, 0.2) is 11.6 Å². The van der Waals surface area contributed by atoms with E-state index in [1.54, 1.807) is 24.5 Å². The smallest absolute Gasteiger partial charge is 0.185 e. The number of halogens is 1. The lowest BCUT2D eigenvalue weighted by molar-refractivity contribution is 0.104. The van der Waals surface area contributed by atoms with Gasteiger partial charge in [0.2, 0.25) is 0 Å². The molecule has 4 heterocycles. The van der Waals surface area contributed by atoms with E-state index in [1.807, 2.05) is 18.4 Å². The molecule has 0 unspecified atom stereocenters. The van der Waals surface area contributed by atoms with E-state index in [2.05, 4.69) is 35.6 Å². The summed E-state index contributed by atoms with van der Waals surface area (Å²) < 4.78 is 15.5. The lowest BCUT2D eigenvalue weighted by Gasteiger charge is -2.47. The molecule has 35 heavy (non-hydrogen) atoms. The molecule has 4 atom stereocenters. The van der Waals surface area contributed by atoms with Crippen molar-refractivity contribution >= 4 is 17.6 Å². The minimum absolute atomic E-state index is 0.0635. The first-order valence-corrected chi connectivity index (χ1v) is 13.4. The van der Waals surface area contributed by atoms with Gasteiger partial charge in [0.1, 0.15) is 16.9 Å². The number of rotatable bonds is 6. The molecule has 2 aliphatic heterocycles. The van der Waals surface area contributed by atoms with E-state index < -0.39 is 6.17 Å². The molecular weight excluding hydrogens is 465 g/mol. The van der Waals surface area contributed by atoms with Crippen molar-refractivity contribution in [3.8, 4) is 28.3 Å². The molecule has 3 aliphatic rings. The molecule has 2 bridgehead atoms. The molecule has 1 aliphatic carbocycles. The number of piperidine rings is 2. The number of hydrogen-bond acceptors (Lipinski definition) is 9. The first-order chi connectivity index (χ1) is 17.1. The first kappa shape index (κ1) is 22.6. The van der Waals surface area contributed by atoms with Gasteiger partial charge in [0, 0.05) is 23.7 Å². The third kappa shape index (κ3) is 4.45. The van der Waals surface area contributed by atoms with Crippen LogP contribution >= 0.6 is 11.8 Å². The number of anilines is 1. The fourth-order valence-corrected chi connectivity index (χ4v) is 5.82. The maximum absolute atomic E-state index is 15.5. The molecule has 2 aromatic heterocycles. The van der Waals surface area contributed by atoms with Crippen molar-refractivity contribution < 1.29 is 9.50 Å². The van der Waals surface area contributed by atoms with Crippen LogP contribution in [0, 0.1) is 0 Å². The standard InChI is InChI=1S/C25H28FN7OS/c1-35-23-10-15(12-28-31-23)14-5-8-18(21(34)9-14)25-27-13-22(30-32-25)33(17-6-7-17)20-11-16-3-2-4-19(29-16)24(20)26/h5,8-10,12-13,16-17,19-20,24,29,34H,2-4,6-7,11H2,1H3/t16-,19+,20+,24-/m0/s1.